The van der Waals surface area contributed by atoms with Crippen molar-refractivity contribution in [2.75, 3.05) is 5.75 Å². The molecule has 1 aromatic heterocycles. The van der Waals surface area contributed by atoms with E-state index in [1.54, 1.807) is 18.2 Å². The first kappa shape index (κ1) is 28.6. The number of ketones is 1. The van der Waals surface area contributed by atoms with Crippen molar-refractivity contribution in [3.8, 4) is 0 Å². The Morgan fingerprint density at radius 1 is 1.31 bits per heavy atom. The Balaban J connectivity index is 1.45. The number of carbonyl (C=O) groups excluding carboxylic acids is 2. The molecule has 210 valence electrons. The van der Waals surface area contributed by atoms with E-state index >= 15 is 0 Å². The van der Waals surface area contributed by atoms with Gasteiger partial charge in [-0.15, -0.1) is 6.58 Å². The smallest absolute Gasteiger partial charge is 0.316 e. The first-order valence-corrected chi connectivity index (χ1v) is 15.5. The lowest BCUT2D eigenvalue weighted by atomic mass is 9.44. The minimum Gasteiger partial charge on any atom is -0.461 e. The van der Waals surface area contributed by atoms with Crippen LogP contribution in [0.5, 0.6) is 0 Å². The van der Waals surface area contributed by atoms with Crippen molar-refractivity contribution in [2.45, 2.75) is 77.2 Å². The number of aromatic nitrogens is 2. The molecule has 3 aliphatic rings. The van der Waals surface area contributed by atoms with Crippen LogP contribution in [0.15, 0.2) is 45.3 Å². The number of aliphatic hydroxyl groups is 1. The third-order valence-corrected chi connectivity index (χ3v) is 11.9. The highest BCUT2D eigenvalue weighted by Crippen LogP contribution is 2.68. The predicted octanol–water partition coefficient (Wildman–Crippen LogP) is 5.68. The Labute approximate surface area is 241 Å². The largest absolute Gasteiger partial charge is 0.461 e. The summed E-state index contributed by atoms with van der Waals surface area (Å²) in [7, 11) is 0. The van der Waals surface area contributed by atoms with E-state index in [9.17, 15) is 19.5 Å². The van der Waals surface area contributed by atoms with Gasteiger partial charge in [0.1, 0.15) is 11.9 Å². The molecule has 3 aliphatic carbocycles. The fraction of sp³-hybridized carbons (Fsp3) is 0.600. The highest BCUT2D eigenvalue weighted by atomic mass is 79.9. The van der Waals surface area contributed by atoms with E-state index in [0.29, 0.717) is 28.9 Å². The van der Waals surface area contributed by atoms with Gasteiger partial charge in [-0.2, -0.15) is 0 Å². The van der Waals surface area contributed by atoms with Crippen molar-refractivity contribution < 1.29 is 19.4 Å². The number of nitrogens with one attached hydrogen (secondary N) is 1. The highest BCUT2D eigenvalue weighted by molar-refractivity contribution is 9.10. The molecule has 2 N–H and O–H groups in total. The number of carbonyl (C=O) groups is 2. The summed E-state index contributed by atoms with van der Waals surface area (Å²) in [4.78, 5) is 46.7. The Kier molecular flexibility index (Phi) is 7.42. The van der Waals surface area contributed by atoms with E-state index in [1.807, 2.05) is 13.0 Å². The minimum absolute atomic E-state index is 0.0422. The number of rotatable bonds is 5. The number of aliphatic hydroxyl groups excluding tert-OH is 1. The van der Waals surface area contributed by atoms with E-state index in [0.717, 1.165) is 35.5 Å². The molecule has 39 heavy (non-hydrogen) atoms. The average Bonchev–Trinajstić information content (AvgIpc) is 3.26. The average molecular weight is 618 g/mol. The van der Waals surface area contributed by atoms with Crippen LogP contribution in [0.1, 0.15) is 59.8 Å². The maximum Gasteiger partial charge on any atom is 0.316 e. The number of nitrogens with zero attached hydrogens (tertiary/aromatic N) is 1. The van der Waals surface area contributed by atoms with Gasteiger partial charge in [0, 0.05) is 27.6 Å². The number of fused-ring (bicyclic) bond motifs is 1. The van der Waals surface area contributed by atoms with Gasteiger partial charge >= 0.3 is 5.97 Å². The highest BCUT2D eigenvalue weighted by Gasteiger charge is 2.68. The zero-order valence-corrected chi connectivity index (χ0v) is 25.4. The second kappa shape index (κ2) is 10.1. The zero-order valence-electron chi connectivity index (χ0n) is 23.0. The molecule has 3 saturated carbocycles. The van der Waals surface area contributed by atoms with Crippen molar-refractivity contribution in [1.82, 2.24) is 9.97 Å². The van der Waals surface area contributed by atoms with Gasteiger partial charge in [-0.3, -0.25) is 14.4 Å². The van der Waals surface area contributed by atoms with Crippen molar-refractivity contribution in [2.24, 2.45) is 34.0 Å². The molecule has 8 atom stereocenters. The van der Waals surface area contributed by atoms with Crippen LogP contribution in [-0.4, -0.2) is 44.8 Å². The van der Waals surface area contributed by atoms with Crippen LogP contribution in [0.4, 0.5) is 0 Å². The van der Waals surface area contributed by atoms with Crippen LogP contribution in [-0.2, 0) is 14.3 Å². The fourth-order valence-corrected chi connectivity index (χ4v) is 8.99. The van der Waals surface area contributed by atoms with Crippen LogP contribution in [0.3, 0.4) is 0 Å². The number of thioether (sulfide) groups is 1. The van der Waals surface area contributed by atoms with E-state index in [-0.39, 0.29) is 40.3 Å². The van der Waals surface area contributed by atoms with Gasteiger partial charge in [0.25, 0.3) is 5.56 Å². The summed E-state index contributed by atoms with van der Waals surface area (Å²) in [5.41, 5.74) is -1.29. The summed E-state index contributed by atoms with van der Waals surface area (Å²) < 4.78 is 7.06. The number of hydrogen-bond donors (Lipinski definition) is 2. The monoisotopic (exact) mass is 616 g/mol. The standard InChI is InChI=1S/C30H37BrN2O5S/c1-6-28(4)14-22(29(5)16(2)9-11-30(17(3)25(28)36)12-10-21(34)24(29)30)38-23(35)15-39-27-32-20-8-7-18(31)13-19(20)26(37)33-27/h6-8,13,16-17,22,24-25,36H,1,9-12,14-15H2,2-5H3,(H,32,33,37)/t16-,17+,22-,24+,25+,28-,29+,30+/m1/s1. The Hall–Kier alpha value is -1.97. The zero-order chi connectivity index (χ0) is 28.3. The molecule has 1 aromatic carbocycles. The van der Waals surface area contributed by atoms with Crippen LogP contribution in [0.25, 0.3) is 10.9 Å². The van der Waals surface area contributed by atoms with Gasteiger partial charge in [0.2, 0.25) is 0 Å². The summed E-state index contributed by atoms with van der Waals surface area (Å²) in [5.74, 6) is -0.432. The maximum absolute atomic E-state index is 13.5. The lowest BCUT2D eigenvalue weighted by Gasteiger charge is -2.61. The van der Waals surface area contributed by atoms with Crippen molar-refractivity contribution in [1.29, 1.82) is 0 Å². The summed E-state index contributed by atoms with van der Waals surface area (Å²) in [6, 6.07) is 5.28. The molecular weight excluding hydrogens is 580 g/mol. The van der Waals surface area contributed by atoms with Crippen LogP contribution in [0.2, 0.25) is 0 Å². The summed E-state index contributed by atoms with van der Waals surface area (Å²) in [6.07, 6.45) is 3.98. The molecule has 0 saturated heterocycles. The third-order valence-electron chi connectivity index (χ3n) is 10.5. The fourth-order valence-electron chi connectivity index (χ4n) is 7.98. The van der Waals surface area contributed by atoms with Crippen molar-refractivity contribution in [3.63, 3.8) is 0 Å². The second-order valence-electron chi connectivity index (χ2n) is 12.4. The van der Waals surface area contributed by atoms with Crippen LogP contribution in [0, 0.1) is 34.0 Å². The van der Waals surface area contributed by atoms with Gasteiger partial charge in [0.15, 0.2) is 5.16 Å². The van der Waals surface area contributed by atoms with Gasteiger partial charge in [-0.1, -0.05) is 61.5 Å². The van der Waals surface area contributed by atoms with Gasteiger partial charge in [-0.25, -0.2) is 4.98 Å². The molecule has 3 fully saturated rings. The molecule has 0 spiro atoms. The molecule has 0 radical (unpaired) electrons. The first-order valence-electron chi connectivity index (χ1n) is 13.7. The summed E-state index contributed by atoms with van der Waals surface area (Å²) >= 11 is 4.49. The first-order chi connectivity index (χ1) is 18.4. The Morgan fingerprint density at radius 2 is 2.05 bits per heavy atom. The quantitative estimate of drug-likeness (QED) is 0.192. The number of H-pyrrole nitrogens is 1. The van der Waals surface area contributed by atoms with E-state index in [4.69, 9.17) is 4.74 Å². The van der Waals surface area contributed by atoms with Gasteiger partial charge < -0.3 is 14.8 Å². The van der Waals surface area contributed by atoms with Crippen LogP contribution < -0.4 is 5.56 Å². The van der Waals surface area contributed by atoms with E-state index in [1.165, 1.54) is 0 Å². The summed E-state index contributed by atoms with van der Waals surface area (Å²) in [5, 5.41) is 12.5. The van der Waals surface area contributed by atoms with E-state index < -0.39 is 29.0 Å². The number of benzene rings is 1. The molecule has 2 bridgehead atoms. The SMILES string of the molecule is C=C[C@]1(C)C[C@@H](OC(=O)CSc2nc3ccc(Br)cc3c(=O)[nH]2)[C@]2(C)[C@H](C)CC[C@]3(CCC(=O)[C@H]32)[C@@H](C)[C@@H]1O. The molecular formula is C30H37BrN2O5S. The number of halogens is 1. The number of ether oxygens (including phenoxy) is 1. The molecule has 1 heterocycles. The van der Waals surface area contributed by atoms with Gasteiger partial charge in [-0.05, 0) is 61.1 Å². The van der Waals surface area contributed by atoms with Gasteiger partial charge in [0.05, 0.1) is 22.8 Å². The maximum atomic E-state index is 13.5. The number of hydrogen-bond acceptors (Lipinski definition) is 7. The molecule has 0 amide bonds. The minimum atomic E-state index is -0.705. The van der Waals surface area contributed by atoms with Crippen LogP contribution >= 0.6 is 27.7 Å². The second-order valence-corrected chi connectivity index (χ2v) is 14.3. The molecule has 0 unspecified atom stereocenters. The van der Waals surface area contributed by atoms with Crippen molar-refractivity contribution in [3.05, 3.63) is 45.7 Å². The van der Waals surface area contributed by atoms with E-state index in [2.05, 4.69) is 53.2 Å². The number of esters is 1. The predicted molar refractivity (Wildman–Crippen MR) is 155 cm³/mol. The lowest BCUT2D eigenvalue weighted by Crippen LogP contribution is -2.63. The third kappa shape index (κ3) is 4.52. The topological polar surface area (TPSA) is 109 Å². The molecule has 9 heteroatoms. The molecule has 2 aromatic rings. The Bertz CT molecular complexity index is 1400. The number of Topliss-reactive ketones (excluding diaryl/α,β-unsaturated/α-hetero) is 1. The normalized spacial score (nSPS) is 38.1. The molecule has 5 rings (SSSR count). The van der Waals surface area contributed by atoms with Crippen molar-refractivity contribution >= 4 is 50.3 Å². The Morgan fingerprint density at radius 3 is 2.77 bits per heavy atom. The molecule has 0 aliphatic heterocycles. The lowest BCUT2D eigenvalue weighted by molar-refractivity contribution is -0.205. The number of aromatic amines is 1. The molecule has 7 nitrogen and oxygen atoms in total. The summed E-state index contributed by atoms with van der Waals surface area (Å²) in [6.45, 7) is 12.4.